The van der Waals surface area contributed by atoms with Gasteiger partial charge in [0, 0.05) is 12.3 Å². The number of nitrogens with one attached hydrogen (secondary N) is 2. The Labute approximate surface area is 177 Å². The number of carbonyl (C=O) groups excluding carboxylic acids is 5. The fourth-order valence-corrected chi connectivity index (χ4v) is 3.20. The van der Waals surface area contributed by atoms with Crippen molar-refractivity contribution in [3.05, 3.63) is 0 Å². The lowest BCUT2D eigenvalue weighted by molar-refractivity contribution is -0.149. The zero-order chi connectivity index (χ0) is 23.0. The third-order valence-electron chi connectivity index (χ3n) is 4.41. The van der Waals surface area contributed by atoms with Crippen molar-refractivity contribution >= 4 is 48.1 Å². The molecule has 1 aliphatic heterocycles. The van der Waals surface area contributed by atoms with Gasteiger partial charge in [-0.15, -0.1) is 0 Å². The number of likely N-dealkylation sites (tertiary alicyclic amines) is 1. The van der Waals surface area contributed by atoms with Crippen LogP contribution in [0, 0.1) is 0 Å². The van der Waals surface area contributed by atoms with Crippen molar-refractivity contribution in [1.29, 1.82) is 0 Å². The number of carboxylic acid groups (broad SMARTS) is 1. The summed E-state index contributed by atoms with van der Waals surface area (Å²) in [5.74, 6) is -5.58. The highest BCUT2D eigenvalue weighted by atomic mass is 32.1. The summed E-state index contributed by atoms with van der Waals surface area (Å²) in [6.07, 6.45) is -0.318. The van der Waals surface area contributed by atoms with E-state index in [1.807, 2.05) is 0 Å². The van der Waals surface area contributed by atoms with Crippen molar-refractivity contribution in [1.82, 2.24) is 15.5 Å². The second-order valence-corrected chi connectivity index (χ2v) is 7.15. The van der Waals surface area contributed by atoms with Gasteiger partial charge in [-0.3, -0.25) is 24.0 Å². The molecule has 0 spiro atoms. The molecule has 0 aromatic heterocycles. The molecule has 13 nitrogen and oxygen atoms in total. The van der Waals surface area contributed by atoms with Crippen molar-refractivity contribution in [2.45, 2.75) is 49.9 Å². The Balaban J connectivity index is 2.89. The highest BCUT2D eigenvalue weighted by molar-refractivity contribution is 7.80. The molecule has 4 unspecified atom stereocenters. The van der Waals surface area contributed by atoms with E-state index in [1.165, 1.54) is 0 Å². The standard InChI is InChI=1S/C16H26N6O7S/c17-7(4-11(18)23)13(25)21-9(6-30)14(26)20-8(5-12(19)24)15(27)22-3-1-2-10(22)16(28)29/h7-10,30H,1-6,17H2,(H2,18,23)(H2,19,24)(H,20,26)(H,21,25)(H,28,29). The molecule has 1 heterocycles. The molecule has 1 aliphatic rings. The SMILES string of the molecule is NC(=O)CC(N)C(=O)NC(CS)C(=O)NC(CC(N)=O)C(=O)N1CCCC1C(=O)O. The van der Waals surface area contributed by atoms with Crippen molar-refractivity contribution in [3.63, 3.8) is 0 Å². The molecule has 0 aromatic rings. The van der Waals surface area contributed by atoms with E-state index >= 15 is 0 Å². The summed E-state index contributed by atoms with van der Waals surface area (Å²) >= 11 is 3.97. The van der Waals surface area contributed by atoms with Crippen LogP contribution in [0.1, 0.15) is 25.7 Å². The minimum Gasteiger partial charge on any atom is -0.480 e. The second-order valence-electron chi connectivity index (χ2n) is 6.78. The van der Waals surface area contributed by atoms with Crippen molar-refractivity contribution in [3.8, 4) is 0 Å². The lowest BCUT2D eigenvalue weighted by Crippen LogP contribution is -2.58. The average molecular weight is 446 g/mol. The molecule has 168 valence electrons. The normalized spacial score (nSPS) is 18.7. The van der Waals surface area contributed by atoms with Crippen LogP contribution in [0.15, 0.2) is 0 Å². The van der Waals surface area contributed by atoms with E-state index in [9.17, 15) is 33.9 Å². The summed E-state index contributed by atoms with van der Waals surface area (Å²) in [4.78, 5) is 71.9. The zero-order valence-electron chi connectivity index (χ0n) is 16.1. The Kier molecular flexibility index (Phi) is 9.52. The number of rotatable bonds is 11. The molecule has 0 radical (unpaired) electrons. The van der Waals surface area contributed by atoms with E-state index < -0.39 is 72.5 Å². The van der Waals surface area contributed by atoms with Crippen LogP contribution >= 0.6 is 12.6 Å². The fraction of sp³-hybridized carbons (Fsp3) is 0.625. The first-order valence-electron chi connectivity index (χ1n) is 9.05. The molecule has 1 saturated heterocycles. The van der Waals surface area contributed by atoms with E-state index in [4.69, 9.17) is 17.2 Å². The van der Waals surface area contributed by atoms with Crippen LogP contribution in [0.5, 0.6) is 0 Å². The number of hydrogen-bond donors (Lipinski definition) is 7. The number of carboxylic acids is 1. The molecule has 0 saturated carbocycles. The van der Waals surface area contributed by atoms with Gasteiger partial charge in [0.25, 0.3) is 0 Å². The molecule has 30 heavy (non-hydrogen) atoms. The highest BCUT2D eigenvalue weighted by Gasteiger charge is 2.38. The molecule has 4 atom stereocenters. The number of carbonyl (C=O) groups is 6. The van der Waals surface area contributed by atoms with Crippen molar-refractivity contribution in [2.75, 3.05) is 12.3 Å². The Bertz CT molecular complexity index is 718. The molecule has 9 N–H and O–H groups in total. The number of thiol groups is 1. The number of nitrogens with zero attached hydrogens (tertiary/aromatic N) is 1. The van der Waals surface area contributed by atoms with Crippen molar-refractivity contribution < 1.29 is 33.9 Å². The highest BCUT2D eigenvalue weighted by Crippen LogP contribution is 2.19. The monoisotopic (exact) mass is 446 g/mol. The van der Waals surface area contributed by atoms with Gasteiger partial charge in [0.05, 0.1) is 18.9 Å². The summed E-state index contributed by atoms with van der Waals surface area (Å²) in [7, 11) is 0. The van der Waals surface area contributed by atoms with E-state index in [1.54, 1.807) is 0 Å². The summed E-state index contributed by atoms with van der Waals surface area (Å²) in [6, 6.07) is -5.04. The smallest absolute Gasteiger partial charge is 0.326 e. The molecular formula is C16H26N6O7S. The first-order chi connectivity index (χ1) is 14.0. The maximum Gasteiger partial charge on any atom is 0.326 e. The average Bonchev–Trinajstić information content (AvgIpc) is 3.13. The quantitative estimate of drug-likeness (QED) is 0.154. The van der Waals surface area contributed by atoms with E-state index in [0.717, 1.165) is 4.90 Å². The van der Waals surface area contributed by atoms with Crippen LogP contribution in [0.2, 0.25) is 0 Å². The molecular weight excluding hydrogens is 420 g/mol. The predicted octanol–water partition coefficient (Wildman–Crippen LogP) is -3.96. The minimum atomic E-state index is -1.42. The van der Waals surface area contributed by atoms with Gasteiger partial charge in [-0.05, 0) is 12.8 Å². The minimum absolute atomic E-state index is 0.148. The fourth-order valence-electron chi connectivity index (χ4n) is 2.94. The first kappa shape index (κ1) is 25.2. The summed E-state index contributed by atoms with van der Waals surface area (Å²) in [5.41, 5.74) is 15.6. The van der Waals surface area contributed by atoms with E-state index in [2.05, 4.69) is 23.3 Å². The van der Waals surface area contributed by atoms with Crippen LogP contribution in [0.4, 0.5) is 0 Å². The van der Waals surface area contributed by atoms with Gasteiger partial charge in [0.2, 0.25) is 29.5 Å². The van der Waals surface area contributed by atoms with Gasteiger partial charge in [0.15, 0.2) is 0 Å². The molecule has 5 amide bonds. The van der Waals surface area contributed by atoms with Gasteiger partial charge >= 0.3 is 5.97 Å². The molecule has 1 rings (SSSR count). The topological polar surface area (TPSA) is 228 Å². The van der Waals surface area contributed by atoms with E-state index in [-0.39, 0.29) is 18.7 Å². The van der Waals surface area contributed by atoms with Gasteiger partial charge < -0.3 is 37.8 Å². The largest absolute Gasteiger partial charge is 0.480 e. The first-order valence-corrected chi connectivity index (χ1v) is 9.68. The summed E-state index contributed by atoms with van der Waals surface area (Å²) < 4.78 is 0. The molecule has 0 aromatic carbocycles. The Morgan fingerprint density at radius 1 is 1.00 bits per heavy atom. The van der Waals surface area contributed by atoms with Gasteiger partial charge in [-0.1, -0.05) is 0 Å². The van der Waals surface area contributed by atoms with Crippen LogP contribution in [0.25, 0.3) is 0 Å². The van der Waals surface area contributed by atoms with E-state index in [0.29, 0.717) is 6.42 Å². The Morgan fingerprint density at radius 3 is 2.07 bits per heavy atom. The van der Waals surface area contributed by atoms with Crippen LogP contribution in [0.3, 0.4) is 0 Å². The molecule has 0 bridgehead atoms. The summed E-state index contributed by atoms with van der Waals surface area (Å²) in [5, 5.41) is 13.8. The maximum atomic E-state index is 12.8. The van der Waals surface area contributed by atoms with Crippen LogP contribution < -0.4 is 27.8 Å². The molecule has 14 heteroatoms. The summed E-state index contributed by atoms with van der Waals surface area (Å²) in [6.45, 7) is 0.148. The third kappa shape index (κ3) is 7.18. The number of aliphatic carboxylic acids is 1. The maximum absolute atomic E-state index is 12.8. The number of amides is 5. The lowest BCUT2D eigenvalue weighted by atomic mass is 10.1. The number of primary amides is 2. The Hall–Kier alpha value is -2.87. The zero-order valence-corrected chi connectivity index (χ0v) is 17.0. The second kappa shape index (κ2) is 11.3. The lowest BCUT2D eigenvalue weighted by Gasteiger charge is -2.28. The predicted molar refractivity (Wildman–Crippen MR) is 106 cm³/mol. The number of nitrogens with two attached hydrogens (primary N) is 3. The number of hydrogen-bond acceptors (Lipinski definition) is 8. The molecule has 0 aliphatic carbocycles. The molecule has 1 fully saturated rings. The third-order valence-corrected chi connectivity index (χ3v) is 4.78. The van der Waals surface area contributed by atoms with Gasteiger partial charge in [-0.2, -0.15) is 12.6 Å². The van der Waals surface area contributed by atoms with Crippen LogP contribution in [-0.2, 0) is 28.8 Å². The van der Waals surface area contributed by atoms with Gasteiger partial charge in [-0.25, -0.2) is 4.79 Å². The van der Waals surface area contributed by atoms with Crippen LogP contribution in [-0.4, -0.2) is 82.0 Å². The Morgan fingerprint density at radius 2 is 1.57 bits per heavy atom. The van der Waals surface area contributed by atoms with Crippen molar-refractivity contribution in [2.24, 2.45) is 17.2 Å². The van der Waals surface area contributed by atoms with Gasteiger partial charge in [0.1, 0.15) is 18.1 Å².